The molecule has 176 valence electrons. The first-order chi connectivity index (χ1) is 16.3. The zero-order valence-electron chi connectivity index (χ0n) is 18.2. The van der Waals surface area contributed by atoms with E-state index < -0.39 is 16.0 Å². The van der Waals surface area contributed by atoms with E-state index in [0.717, 1.165) is 9.38 Å². The lowest BCUT2D eigenvalue weighted by Crippen LogP contribution is -2.31. The second kappa shape index (κ2) is 9.80. The Morgan fingerprint density at radius 1 is 1.09 bits per heavy atom. The highest BCUT2D eigenvalue weighted by Gasteiger charge is 2.39. The first kappa shape index (κ1) is 23.7. The number of sulfonamides is 1. The molecular formula is C24H22N2O6S2. The standard InChI is InChI=1S/C24H22N2O6S2/c1-31-23-8-3-2-7-22(23)25-15-21(34(29,30)26(25)33)14-18-5-4-6-20(13-18)32-16-17-9-11-19(12-10-17)24(27)28/h2-14,33H,15-16H2,1H3,(H,27,28)/b21-14-. The van der Waals surface area contributed by atoms with Crippen molar-refractivity contribution in [2.75, 3.05) is 18.7 Å². The number of anilines is 1. The topological polar surface area (TPSA) is 96.4 Å². The fraction of sp³-hybridized carbons (Fsp3) is 0.125. The third-order valence-corrected chi connectivity index (χ3v) is 7.61. The van der Waals surface area contributed by atoms with Gasteiger partial charge in [0.05, 0.1) is 29.8 Å². The van der Waals surface area contributed by atoms with Crippen LogP contribution in [0.5, 0.6) is 11.5 Å². The molecule has 0 radical (unpaired) electrons. The van der Waals surface area contributed by atoms with E-state index in [-0.39, 0.29) is 23.6 Å². The average Bonchev–Trinajstić information content (AvgIpc) is 3.06. The maximum absolute atomic E-state index is 13.0. The van der Waals surface area contributed by atoms with Crippen molar-refractivity contribution in [3.63, 3.8) is 0 Å². The zero-order chi connectivity index (χ0) is 24.3. The lowest BCUT2D eigenvalue weighted by Gasteiger charge is -2.23. The van der Waals surface area contributed by atoms with Gasteiger partial charge in [0.1, 0.15) is 18.1 Å². The number of carboxylic acid groups (broad SMARTS) is 1. The summed E-state index contributed by atoms with van der Waals surface area (Å²) in [6.45, 7) is 0.331. The lowest BCUT2D eigenvalue weighted by molar-refractivity contribution is 0.0697. The van der Waals surface area contributed by atoms with Gasteiger partial charge < -0.3 is 14.6 Å². The largest absolute Gasteiger partial charge is 0.495 e. The molecule has 8 nitrogen and oxygen atoms in total. The number of rotatable bonds is 7. The Bertz CT molecular complexity index is 1340. The van der Waals surface area contributed by atoms with Crippen molar-refractivity contribution in [3.05, 3.63) is 94.4 Å². The summed E-state index contributed by atoms with van der Waals surface area (Å²) in [6.07, 6.45) is 1.59. The minimum Gasteiger partial charge on any atom is -0.495 e. The Balaban J connectivity index is 1.53. The zero-order valence-corrected chi connectivity index (χ0v) is 19.9. The van der Waals surface area contributed by atoms with E-state index >= 15 is 0 Å². The van der Waals surface area contributed by atoms with Gasteiger partial charge in [0.25, 0.3) is 10.0 Å². The van der Waals surface area contributed by atoms with Crippen LogP contribution in [-0.2, 0) is 16.6 Å². The van der Waals surface area contributed by atoms with E-state index in [1.807, 2.05) is 0 Å². The van der Waals surface area contributed by atoms with Crippen LogP contribution in [0.4, 0.5) is 5.69 Å². The number of hydrazine groups is 1. The molecular weight excluding hydrogens is 476 g/mol. The molecule has 4 rings (SSSR count). The molecule has 0 aromatic heterocycles. The van der Waals surface area contributed by atoms with Crippen molar-refractivity contribution in [2.45, 2.75) is 6.61 Å². The Labute approximate surface area is 203 Å². The summed E-state index contributed by atoms with van der Waals surface area (Å²) >= 11 is 4.22. The van der Waals surface area contributed by atoms with E-state index in [2.05, 4.69) is 12.8 Å². The van der Waals surface area contributed by atoms with Crippen molar-refractivity contribution in [1.82, 2.24) is 3.82 Å². The first-order valence-corrected chi connectivity index (χ1v) is 12.0. The van der Waals surface area contributed by atoms with Crippen LogP contribution < -0.4 is 14.5 Å². The molecule has 1 fully saturated rings. The van der Waals surface area contributed by atoms with E-state index in [0.29, 0.717) is 22.7 Å². The van der Waals surface area contributed by atoms with Crippen LogP contribution >= 0.6 is 12.8 Å². The van der Waals surface area contributed by atoms with Gasteiger partial charge in [0.15, 0.2) is 0 Å². The number of hydrogen-bond acceptors (Lipinski definition) is 7. The maximum atomic E-state index is 13.0. The van der Waals surface area contributed by atoms with Crippen molar-refractivity contribution in [3.8, 4) is 11.5 Å². The normalized spacial score (nSPS) is 16.5. The average molecular weight is 499 g/mol. The summed E-state index contributed by atoms with van der Waals surface area (Å²) in [5.74, 6) is 0.0975. The van der Waals surface area contributed by atoms with E-state index in [1.165, 1.54) is 24.3 Å². The van der Waals surface area contributed by atoms with Gasteiger partial charge in [-0.1, -0.05) is 53.0 Å². The Hall–Kier alpha value is -3.47. The summed E-state index contributed by atoms with van der Waals surface area (Å²) in [4.78, 5) is 11.1. The molecule has 0 aliphatic carbocycles. The molecule has 1 aliphatic heterocycles. The SMILES string of the molecule is COc1ccccc1N1C/C(=C/c2cccc(OCc3ccc(C(=O)O)cc3)c2)S(=O)(=O)N1S. The van der Waals surface area contributed by atoms with Gasteiger partial charge >= 0.3 is 5.97 Å². The number of benzene rings is 3. The summed E-state index contributed by atoms with van der Waals surface area (Å²) in [6, 6.07) is 20.6. The third kappa shape index (κ3) is 4.89. The molecule has 0 amide bonds. The lowest BCUT2D eigenvalue weighted by atomic mass is 10.1. The molecule has 1 heterocycles. The molecule has 0 unspecified atom stereocenters. The highest BCUT2D eigenvalue weighted by Crippen LogP contribution is 2.38. The van der Waals surface area contributed by atoms with Crippen molar-refractivity contribution < 1.29 is 27.8 Å². The highest BCUT2D eigenvalue weighted by molar-refractivity contribution is 8.02. The number of hydrogen-bond donors (Lipinski definition) is 2. The van der Waals surface area contributed by atoms with E-state index in [9.17, 15) is 13.2 Å². The van der Waals surface area contributed by atoms with Crippen LogP contribution in [0.2, 0.25) is 0 Å². The van der Waals surface area contributed by atoms with Gasteiger partial charge in [-0.3, -0.25) is 5.01 Å². The fourth-order valence-corrected chi connectivity index (χ4v) is 5.11. The summed E-state index contributed by atoms with van der Waals surface area (Å²) in [5, 5.41) is 10.5. The monoisotopic (exact) mass is 498 g/mol. The number of thiol groups is 1. The highest BCUT2D eigenvalue weighted by atomic mass is 32.3. The number of aromatic carboxylic acids is 1. The van der Waals surface area contributed by atoms with Gasteiger partial charge in [0.2, 0.25) is 0 Å². The number of nitrogens with zero attached hydrogens (tertiary/aromatic N) is 2. The smallest absolute Gasteiger partial charge is 0.335 e. The number of para-hydroxylation sites is 2. The minimum atomic E-state index is -3.83. The summed E-state index contributed by atoms with van der Waals surface area (Å²) in [5.41, 5.74) is 2.25. The number of methoxy groups -OCH3 is 1. The van der Waals surface area contributed by atoms with E-state index in [1.54, 1.807) is 66.7 Å². The van der Waals surface area contributed by atoms with Crippen molar-refractivity contribution >= 4 is 40.6 Å². The van der Waals surface area contributed by atoms with Crippen LogP contribution in [0.25, 0.3) is 6.08 Å². The van der Waals surface area contributed by atoms with Crippen LogP contribution in [0.15, 0.2) is 77.7 Å². The summed E-state index contributed by atoms with van der Waals surface area (Å²) in [7, 11) is -2.30. The fourth-order valence-electron chi connectivity index (χ4n) is 3.45. The number of carboxylic acids is 1. The van der Waals surface area contributed by atoms with Gasteiger partial charge in [-0.2, -0.15) is 0 Å². The molecule has 0 spiro atoms. The van der Waals surface area contributed by atoms with Gasteiger partial charge in [0, 0.05) is 0 Å². The van der Waals surface area contributed by atoms with Crippen LogP contribution in [0, 0.1) is 0 Å². The quantitative estimate of drug-likeness (QED) is 0.471. The Morgan fingerprint density at radius 3 is 2.53 bits per heavy atom. The molecule has 34 heavy (non-hydrogen) atoms. The Morgan fingerprint density at radius 2 is 1.82 bits per heavy atom. The molecule has 3 aromatic rings. The molecule has 0 bridgehead atoms. The first-order valence-electron chi connectivity index (χ1n) is 10.2. The molecule has 1 N–H and O–H groups in total. The predicted octanol–water partition coefficient (Wildman–Crippen LogP) is 4.23. The maximum Gasteiger partial charge on any atom is 0.335 e. The second-order valence-electron chi connectivity index (χ2n) is 7.43. The third-order valence-electron chi connectivity index (χ3n) is 5.21. The van der Waals surface area contributed by atoms with Gasteiger partial charge in [-0.25, -0.2) is 13.2 Å². The van der Waals surface area contributed by atoms with Gasteiger partial charge in [-0.15, -0.1) is 0 Å². The number of ether oxygens (including phenoxy) is 2. The molecule has 0 atom stereocenters. The van der Waals surface area contributed by atoms with Gasteiger partial charge in [-0.05, 0) is 53.6 Å². The number of carbonyl (C=O) groups is 1. The van der Waals surface area contributed by atoms with Crippen molar-refractivity contribution in [1.29, 1.82) is 0 Å². The van der Waals surface area contributed by atoms with Crippen LogP contribution in [0.1, 0.15) is 21.5 Å². The summed E-state index contributed by atoms with van der Waals surface area (Å²) < 4.78 is 38.0. The van der Waals surface area contributed by atoms with Crippen LogP contribution in [-0.4, -0.2) is 37.0 Å². The second-order valence-corrected chi connectivity index (χ2v) is 9.90. The molecule has 3 aromatic carbocycles. The van der Waals surface area contributed by atoms with E-state index in [4.69, 9.17) is 14.6 Å². The molecule has 10 heteroatoms. The van der Waals surface area contributed by atoms with Crippen LogP contribution in [0.3, 0.4) is 0 Å². The Kier molecular flexibility index (Phi) is 6.82. The minimum absolute atomic E-state index is 0.0905. The molecule has 0 saturated carbocycles. The molecule has 1 aliphatic rings. The predicted molar refractivity (Wildman–Crippen MR) is 132 cm³/mol. The van der Waals surface area contributed by atoms with Crippen molar-refractivity contribution in [2.24, 2.45) is 0 Å². The molecule has 1 saturated heterocycles.